The molecule has 4 rings (SSSR count). The van der Waals surface area contributed by atoms with Gasteiger partial charge in [-0.2, -0.15) is 10.2 Å². The second-order valence-corrected chi connectivity index (χ2v) is 6.43. The van der Waals surface area contributed by atoms with Gasteiger partial charge in [0.05, 0.1) is 17.2 Å². The number of halogens is 2. The molecule has 0 spiro atoms. The molecule has 1 atom stereocenters. The van der Waals surface area contributed by atoms with Crippen molar-refractivity contribution in [2.75, 3.05) is 6.54 Å². The van der Waals surface area contributed by atoms with Gasteiger partial charge < -0.3 is 9.42 Å². The summed E-state index contributed by atoms with van der Waals surface area (Å²) in [6.45, 7) is 0.520. The van der Waals surface area contributed by atoms with Gasteiger partial charge in [-0.15, -0.1) is 0 Å². The van der Waals surface area contributed by atoms with Gasteiger partial charge in [0.1, 0.15) is 17.7 Å². The van der Waals surface area contributed by atoms with Gasteiger partial charge in [0.2, 0.25) is 11.7 Å². The molecule has 0 saturated carbocycles. The summed E-state index contributed by atoms with van der Waals surface area (Å²) in [4.78, 5) is 18.7. The average molecular weight is 380 g/mol. The monoisotopic (exact) mass is 380 g/mol. The standard InChI is InChI=1S/C20H14F2N4O2/c21-14-7-8-15(16(22)10-14)18-24-19(28-25-18)17-2-1-9-26(17)20(27)13-5-3-12(11-23)4-6-13/h3-8,10,17H,1-2,9H2/t17-/m1/s1. The van der Waals surface area contributed by atoms with E-state index in [1.165, 1.54) is 6.07 Å². The van der Waals surface area contributed by atoms with Gasteiger partial charge in [0, 0.05) is 18.2 Å². The van der Waals surface area contributed by atoms with Crippen LogP contribution in [0.3, 0.4) is 0 Å². The smallest absolute Gasteiger partial charge is 0.254 e. The zero-order chi connectivity index (χ0) is 19.7. The SMILES string of the molecule is N#Cc1ccc(C(=O)N2CCC[C@@H]2c2nc(-c3ccc(F)cc3F)no2)cc1. The van der Waals surface area contributed by atoms with Crippen molar-refractivity contribution in [3.63, 3.8) is 0 Å². The molecular weight excluding hydrogens is 366 g/mol. The van der Waals surface area contributed by atoms with Crippen LogP contribution < -0.4 is 0 Å². The summed E-state index contributed by atoms with van der Waals surface area (Å²) >= 11 is 0. The Morgan fingerprint density at radius 1 is 1.21 bits per heavy atom. The first kappa shape index (κ1) is 17.8. The lowest BCUT2D eigenvalue weighted by Crippen LogP contribution is -2.30. The molecule has 1 aliphatic heterocycles. The predicted molar refractivity (Wildman–Crippen MR) is 93.8 cm³/mol. The predicted octanol–water partition coefficient (Wildman–Crippen LogP) is 3.86. The molecule has 2 aromatic carbocycles. The third-order valence-corrected chi connectivity index (χ3v) is 4.67. The van der Waals surface area contributed by atoms with Crippen LogP contribution in [-0.4, -0.2) is 27.5 Å². The van der Waals surface area contributed by atoms with Crippen LogP contribution in [0.5, 0.6) is 0 Å². The fourth-order valence-corrected chi connectivity index (χ4v) is 3.27. The molecule has 140 valence electrons. The van der Waals surface area contributed by atoms with Crippen LogP contribution in [0.1, 0.15) is 40.7 Å². The lowest BCUT2D eigenvalue weighted by Gasteiger charge is -2.21. The number of carbonyl (C=O) groups excluding carboxylic acids is 1. The van der Waals surface area contributed by atoms with Crippen LogP contribution in [-0.2, 0) is 0 Å². The lowest BCUT2D eigenvalue weighted by atomic mass is 10.1. The molecule has 1 amide bonds. The van der Waals surface area contributed by atoms with E-state index in [-0.39, 0.29) is 23.2 Å². The Bertz CT molecular complexity index is 1070. The quantitative estimate of drug-likeness (QED) is 0.689. The highest BCUT2D eigenvalue weighted by Gasteiger charge is 2.34. The second-order valence-electron chi connectivity index (χ2n) is 6.43. The Hall–Kier alpha value is -3.60. The van der Waals surface area contributed by atoms with Gasteiger partial charge in [-0.25, -0.2) is 8.78 Å². The molecule has 0 unspecified atom stereocenters. The Morgan fingerprint density at radius 3 is 2.71 bits per heavy atom. The van der Waals surface area contributed by atoms with E-state index in [4.69, 9.17) is 9.78 Å². The number of nitrogens with zero attached hydrogens (tertiary/aromatic N) is 4. The van der Waals surface area contributed by atoms with Gasteiger partial charge in [0.15, 0.2) is 0 Å². The van der Waals surface area contributed by atoms with Crippen molar-refractivity contribution in [3.05, 3.63) is 71.1 Å². The van der Waals surface area contributed by atoms with E-state index in [9.17, 15) is 13.6 Å². The third kappa shape index (κ3) is 3.22. The number of rotatable bonds is 3. The van der Waals surface area contributed by atoms with Gasteiger partial charge in [-0.1, -0.05) is 5.16 Å². The summed E-state index contributed by atoms with van der Waals surface area (Å²) in [5.41, 5.74) is 0.951. The summed E-state index contributed by atoms with van der Waals surface area (Å²) in [6.07, 6.45) is 1.39. The maximum atomic E-state index is 14.0. The van der Waals surface area contributed by atoms with E-state index in [0.29, 0.717) is 24.1 Å². The van der Waals surface area contributed by atoms with E-state index in [0.717, 1.165) is 18.6 Å². The maximum absolute atomic E-state index is 14.0. The van der Waals surface area contributed by atoms with Crippen LogP contribution in [0.4, 0.5) is 8.78 Å². The normalized spacial score (nSPS) is 16.2. The second kappa shape index (κ2) is 7.19. The Kier molecular flexibility index (Phi) is 4.57. The van der Waals surface area contributed by atoms with Crippen molar-refractivity contribution in [2.24, 2.45) is 0 Å². The van der Waals surface area contributed by atoms with Gasteiger partial charge in [-0.05, 0) is 49.2 Å². The first-order valence-corrected chi connectivity index (χ1v) is 8.67. The summed E-state index contributed by atoms with van der Waals surface area (Å²) < 4.78 is 32.3. The minimum Gasteiger partial charge on any atom is -0.337 e. The molecule has 1 saturated heterocycles. The molecule has 6 nitrogen and oxygen atoms in total. The average Bonchev–Trinajstić information content (AvgIpc) is 3.37. The molecule has 0 bridgehead atoms. The van der Waals surface area contributed by atoms with Crippen molar-refractivity contribution >= 4 is 5.91 Å². The molecular formula is C20H14F2N4O2. The Morgan fingerprint density at radius 2 is 2.00 bits per heavy atom. The van der Waals surface area contributed by atoms with E-state index in [2.05, 4.69) is 10.1 Å². The summed E-state index contributed by atoms with van der Waals surface area (Å²) in [5.74, 6) is -1.48. The van der Waals surface area contributed by atoms with E-state index >= 15 is 0 Å². The minimum absolute atomic E-state index is 0.00479. The van der Waals surface area contributed by atoms with Crippen LogP contribution in [0.25, 0.3) is 11.4 Å². The molecule has 28 heavy (non-hydrogen) atoms. The maximum Gasteiger partial charge on any atom is 0.254 e. The number of likely N-dealkylation sites (tertiary alicyclic amines) is 1. The van der Waals surface area contributed by atoms with E-state index in [1.54, 1.807) is 29.2 Å². The summed E-state index contributed by atoms with van der Waals surface area (Å²) in [7, 11) is 0. The van der Waals surface area contributed by atoms with Gasteiger partial charge in [-0.3, -0.25) is 4.79 Å². The fourth-order valence-electron chi connectivity index (χ4n) is 3.27. The molecule has 2 heterocycles. The zero-order valence-electron chi connectivity index (χ0n) is 14.6. The van der Waals surface area contributed by atoms with Crippen molar-refractivity contribution in [1.29, 1.82) is 5.26 Å². The molecule has 8 heteroatoms. The van der Waals surface area contributed by atoms with Crippen LogP contribution >= 0.6 is 0 Å². The molecule has 1 aliphatic rings. The topological polar surface area (TPSA) is 83.0 Å². The van der Waals surface area contributed by atoms with Crippen LogP contribution in [0.15, 0.2) is 47.0 Å². The van der Waals surface area contributed by atoms with Crippen molar-refractivity contribution < 1.29 is 18.1 Å². The van der Waals surface area contributed by atoms with E-state index < -0.39 is 17.7 Å². The lowest BCUT2D eigenvalue weighted by molar-refractivity contribution is 0.0710. The highest BCUT2D eigenvalue weighted by molar-refractivity contribution is 5.94. The molecule has 3 aromatic rings. The number of hydrogen-bond donors (Lipinski definition) is 0. The number of hydrogen-bond acceptors (Lipinski definition) is 5. The number of amides is 1. The summed E-state index contributed by atoms with van der Waals surface area (Å²) in [5, 5.41) is 12.7. The van der Waals surface area contributed by atoms with Crippen LogP contribution in [0, 0.1) is 23.0 Å². The highest BCUT2D eigenvalue weighted by atomic mass is 19.1. The number of aromatic nitrogens is 2. The molecule has 1 fully saturated rings. The molecule has 0 aliphatic carbocycles. The van der Waals surface area contributed by atoms with Crippen LogP contribution in [0.2, 0.25) is 0 Å². The largest absolute Gasteiger partial charge is 0.337 e. The first-order valence-electron chi connectivity index (χ1n) is 8.67. The Balaban J connectivity index is 1.59. The summed E-state index contributed by atoms with van der Waals surface area (Å²) in [6, 6.07) is 11.1. The number of nitriles is 1. The fraction of sp³-hybridized carbons (Fsp3) is 0.200. The van der Waals surface area contributed by atoms with Gasteiger partial charge in [0.25, 0.3) is 5.91 Å². The van der Waals surface area contributed by atoms with Crippen molar-refractivity contribution in [2.45, 2.75) is 18.9 Å². The Labute approximate surface area is 159 Å². The van der Waals surface area contributed by atoms with Crippen molar-refractivity contribution in [3.8, 4) is 17.5 Å². The highest BCUT2D eigenvalue weighted by Crippen LogP contribution is 2.33. The number of carbonyl (C=O) groups is 1. The van der Waals surface area contributed by atoms with E-state index in [1.807, 2.05) is 6.07 Å². The molecule has 1 aromatic heterocycles. The molecule has 0 radical (unpaired) electrons. The minimum atomic E-state index is -0.788. The molecule has 0 N–H and O–H groups in total. The van der Waals surface area contributed by atoms with Gasteiger partial charge >= 0.3 is 0 Å². The third-order valence-electron chi connectivity index (χ3n) is 4.67. The zero-order valence-corrected chi connectivity index (χ0v) is 14.6. The van der Waals surface area contributed by atoms with Crippen molar-refractivity contribution in [1.82, 2.24) is 15.0 Å². The number of benzene rings is 2. The first-order chi connectivity index (χ1) is 13.6.